The summed E-state index contributed by atoms with van der Waals surface area (Å²) in [6, 6.07) is 0.995. The summed E-state index contributed by atoms with van der Waals surface area (Å²) in [6.07, 6.45) is 0. The summed E-state index contributed by atoms with van der Waals surface area (Å²) in [7, 11) is 1.08. The van der Waals surface area contributed by atoms with E-state index in [1.807, 2.05) is 13.8 Å². The molecule has 0 aliphatic heterocycles. The molecule has 0 N–H and O–H groups in total. The van der Waals surface area contributed by atoms with Crippen LogP contribution in [0.4, 0.5) is 0 Å². The molecular weight excluding hydrogens is 136 g/mol. The molecule has 0 aromatic heterocycles. The van der Waals surface area contributed by atoms with Crippen LogP contribution < -0.4 is 0 Å². The molecule has 0 bridgehead atoms. The zero-order valence-electron chi connectivity index (χ0n) is 5.56. The Morgan fingerprint density at radius 3 is 2.12 bits per heavy atom. The lowest BCUT2D eigenvalue weighted by Gasteiger charge is -2.16. The highest BCUT2D eigenvalue weighted by Crippen LogP contribution is 2.21. The fourth-order valence-electron chi connectivity index (χ4n) is 0.151. The second kappa shape index (κ2) is 2.69. The molecule has 0 saturated carbocycles. The van der Waals surface area contributed by atoms with Gasteiger partial charge in [-0.15, -0.1) is 12.6 Å². The minimum absolute atomic E-state index is 0.00694. The fourth-order valence-corrected chi connectivity index (χ4v) is 0.928. The molecule has 48 valence electrons. The second-order valence-corrected chi connectivity index (χ2v) is 3.66. The van der Waals surface area contributed by atoms with Crippen molar-refractivity contribution in [2.75, 3.05) is 0 Å². The molecule has 3 heteroatoms. The quantitative estimate of drug-likeness (QED) is 0.439. The van der Waals surface area contributed by atoms with Gasteiger partial charge in [0.25, 0.3) is 0 Å². The van der Waals surface area contributed by atoms with Gasteiger partial charge >= 0.3 is 0 Å². The van der Waals surface area contributed by atoms with Crippen LogP contribution in [0.2, 0.25) is 6.04 Å². The standard InChI is InChI=1S/C5H12OSSi/c1-5(2,3-8)4(6)7/h3H2,1-2,8H3,(H,6,7). The third-order valence-corrected chi connectivity index (χ3v) is 3.84. The van der Waals surface area contributed by atoms with Crippen LogP contribution in [0.25, 0.3) is 0 Å². The van der Waals surface area contributed by atoms with Crippen molar-refractivity contribution in [1.29, 1.82) is 0 Å². The minimum Gasteiger partial charge on any atom is -0.287 e. The van der Waals surface area contributed by atoms with E-state index in [0.29, 0.717) is 0 Å². The number of carbonyl (C=O) groups is 1. The van der Waals surface area contributed by atoms with Gasteiger partial charge in [-0.1, -0.05) is 19.9 Å². The summed E-state index contributed by atoms with van der Waals surface area (Å²) in [5.41, 5.74) is -0.171. The van der Waals surface area contributed by atoms with Gasteiger partial charge in [-0.3, -0.25) is 4.79 Å². The van der Waals surface area contributed by atoms with Gasteiger partial charge in [-0.05, 0) is 0 Å². The van der Waals surface area contributed by atoms with Crippen LogP contribution in [-0.4, -0.2) is 15.4 Å². The molecule has 0 rings (SSSR count). The molecule has 0 amide bonds. The highest BCUT2D eigenvalue weighted by atomic mass is 32.1. The summed E-state index contributed by atoms with van der Waals surface area (Å²) in [6.45, 7) is 3.85. The average Bonchev–Trinajstić information content (AvgIpc) is 1.67. The molecule has 0 heterocycles. The first-order chi connectivity index (χ1) is 3.50. The molecule has 1 nitrogen and oxygen atoms in total. The third-order valence-electron chi connectivity index (χ3n) is 1.46. The Labute approximate surface area is 58.7 Å². The van der Waals surface area contributed by atoms with Gasteiger partial charge in [0.1, 0.15) is 0 Å². The Morgan fingerprint density at radius 2 is 2.12 bits per heavy atom. The van der Waals surface area contributed by atoms with E-state index in [4.69, 9.17) is 0 Å². The Morgan fingerprint density at radius 1 is 1.75 bits per heavy atom. The maximum Gasteiger partial charge on any atom is 0.191 e. The zero-order valence-corrected chi connectivity index (χ0v) is 8.46. The number of thiol groups is 1. The Bertz CT molecular complexity index is 101. The molecule has 8 heavy (non-hydrogen) atoms. The van der Waals surface area contributed by atoms with Crippen LogP contribution in [0.3, 0.4) is 0 Å². The van der Waals surface area contributed by atoms with Gasteiger partial charge in [-0.25, -0.2) is 0 Å². The molecule has 0 fully saturated rings. The van der Waals surface area contributed by atoms with Gasteiger partial charge < -0.3 is 0 Å². The summed E-state index contributed by atoms with van der Waals surface area (Å²) in [4.78, 5) is 10.6. The van der Waals surface area contributed by atoms with Gasteiger partial charge in [0, 0.05) is 15.7 Å². The Hall–Kier alpha value is 0.237. The van der Waals surface area contributed by atoms with Crippen LogP contribution in [-0.2, 0) is 4.79 Å². The normalized spacial score (nSPS) is 11.9. The van der Waals surface area contributed by atoms with Crippen molar-refractivity contribution in [1.82, 2.24) is 0 Å². The lowest BCUT2D eigenvalue weighted by Crippen LogP contribution is -2.18. The smallest absolute Gasteiger partial charge is 0.191 e. The van der Waals surface area contributed by atoms with Gasteiger partial charge in [0.15, 0.2) is 5.12 Å². The molecule has 0 atom stereocenters. The lowest BCUT2D eigenvalue weighted by atomic mass is 9.99. The maximum absolute atomic E-state index is 10.6. The topological polar surface area (TPSA) is 17.1 Å². The Balaban J connectivity index is 3.91. The molecule has 0 radical (unpaired) electrons. The molecule has 0 spiro atoms. The van der Waals surface area contributed by atoms with Gasteiger partial charge in [0.05, 0.1) is 0 Å². The summed E-state index contributed by atoms with van der Waals surface area (Å²) in [5.74, 6) is 0. The molecule has 0 aromatic carbocycles. The highest BCUT2D eigenvalue weighted by Gasteiger charge is 2.20. The Kier molecular flexibility index (Phi) is 2.77. The van der Waals surface area contributed by atoms with Crippen LogP contribution in [0.15, 0.2) is 0 Å². The van der Waals surface area contributed by atoms with Crippen molar-refractivity contribution in [3.05, 3.63) is 0 Å². The molecular formula is C5H12OSSi. The average molecular weight is 148 g/mol. The molecule has 0 aliphatic carbocycles. The maximum atomic E-state index is 10.6. The summed E-state index contributed by atoms with van der Waals surface area (Å²) >= 11 is 3.74. The highest BCUT2D eigenvalue weighted by molar-refractivity contribution is 7.96. The van der Waals surface area contributed by atoms with E-state index in [2.05, 4.69) is 12.6 Å². The van der Waals surface area contributed by atoms with Crippen LogP contribution >= 0.6 is 12.6 Å². The van der Waals surface area contributed by atoms with Gasteiger partial charge in [-0.2, -0.15) is 0 Å². The van der Waals surface area contributed by atoms with E-state index in [-0.39, 0.29) is 10.5 Å². The van der Waals surface area contributed by atoms with Gasteiger partial charge in [0.2, 0.25) is 0 Å². The summed E-state index contributed by atoms with van der Waals surface area (Å²) < 4.78 is 0. The van der Waals surface area contributed by atoms with Crippen molar-refractivity contribution in [2.24, 2.45) is 5.41 Å². The first-order valence-corrected chi connectivity index (χ1v) is 4.60. The fraction of sp³-hybridized carbons (Fsp3) is 0.800. The SMILES string of the molecule is CC(C)(C[SiH3])C(=O)S. The largest absolute Gasteiger partial charge is 0.287 e. The predicted molar refractivity (Wildman–Crippen MR) is 42.5 cm³/mol. The second-order valence-electron chi connectivity index (χ2n) is 2.54. The molecule has 0 saturated heterocycles. The first kappa shape index (κ1) is 8.24. The van der Waals surface area contributed by atoms with E-state index in [1.165, 1.54) is 0 Å². The van der Waals surface area contributed by atoms with Crippen molar-refractivity contribution in [3.63, 3.8) is 0 Å². The number of hydrogen-bond acceptors (Lipinski definition) is 1. The van der Waals surface area contributed by atoms with Crippen molar-refractivity contribution >= 4 is 28.0 Å². The zero-order chi connectivity index (χ0) is 6.78. The molecule has 0 aromatic rings. The van der Waals surface area contributed by atoms with Crippen LogP contribution in [0, 0.1) is 5.41 Å². The van der Waals surface area contributed by atoms with E-state index in [9.17, 15) is 4.79 Å². The predicted octanol–water partition coefficient (Wildman–Crippen LogP) is 0.253. The summed E-state index contributed by atoms with van der Waals surface area (Å²) in [5, 5.41) is 0.00694. The van der Waals surface area contributed by atoms with Crippen LogP contribution in [0.5, 0.6) is 0 Å². The van der Waals surface area contributed by atoms with E-state index in [1.54, 1.807) is 0 Å². The third kappa shape index (κ3) is 2.00. The van der Waals surface area contributed by atoms with E-state index >= 15 is 0 Å². The van der Waals surface area contributed by atoms with Crippen molar-refractivity contribution in [3.8, 4) is 0 Å². The van der Waals surface area contributed by atoms with Crippen molar-refractivity contribution < 1.29 is 4.79 Å². The van der Waals surface area contributed by atoms with E-state index < -0.39 is 0 Å². The molecule has 0 aliphatic rings. The first-order valence-electron chi connectivity index (χ1n) is 2.74. The number of rotatable bonds is 2. The van der Waals surface area contributed by atoms with Crippen molar-refractivity contribution in [2.45, 2.75) is 19.9 Å². The van der Waals surface area contributed by atoms with E-state index in [0.717, 1.165) is 16.3 Å². The minimum atomic E-state index is -0.171. The molecule has 0 unspecified atom stereocenters. The van der Waals surface area contributed by atoms with Crippen LogP contribution in [0.1, 0.15) is 13.8 Å². The number of carbonyl (C=O) groups excluding carboxylic acids is 1. The monoisotopic (exact) mass is 148 g/mol. The lowest BCUT2D eigenvalue weighted by molar-refractivity contribution is -0.117. The number of hydrogen-bond donors (Lipinski definition) is 1.